The van der Waals surface area contributed by atoms with Gasteiger partial charge in [0.2, 0.25) is 5.88 Å². The van der Waals surface area contributed by atoms with Crippen molar-refractivity contribution in [1.82, 2.24) is 15.3 Å². The molecule has 1 N–H and O–H groups in total. The maximum Gasteiger partial charge on any atom is 0.237 e. The molecule has 2 rings (SSSR count). The van der Waals surface area contributed by atoms with E-state index < -0.39 is 0 Å². The molecule has 0 aromatic carbocycles. The summed E-state index contributed by atoms with van der Waals surface area (Å²) in [6.45, 7) is 3.04. The Hall–Kier alpha value is -0.460. The van der Waals surface area contributed by atoms with Crippen molar-refractivity contribution in [2.75, 3.05) is 30.9 Å². The Balaban J connectivity index is 2.22. The second-order valence-electron chi connectivity index (χ2n) is 3.97. The van der Waals surface area contributed by atoms with Crippen molar-refractivity contribution >= 4 is 23.5 Å². The molecule has 6 heteroatoms. The van der Waals surface area contributed by atoms with Gasteiger partial charge in [0.15, 0.2) is 0 Å². The molecule has 4 nitrogen and oxygen atoms in total. The molecule has 1 aromatic rings. The fourth-order valence-electron chi connectivity index (χ4n) is 2.03. The number of rotatable bonds is 5. The molecule has 1 aliphatic heterocycles. The van der Waals surface area contributed by atoms with Crippen molar-refractivity contribution in [1.29, 1.82) is 0 Å². The van der Waals surface area contributed by atoms with Crippen molar-refractivity contribution in [3.63, 3.8) is 0 Å². The molecule has 1 aliphatic rings. The fourth-order valence-corrected chi connectivity index (χ4v) is 4.87. The van der Waals surface area contributed by atoms with E-state index in [1.807, 2.05) is 23.5 Å². The Kier molecular flexibility index (Phi) is 5.59. The number of hydrogen-bond donors (Lipinski definition) is 1. The Morgan fingerprint density at radius 2 is 2.28 bits per heavy atom. The van der Waals surface area contributed by atoms with Gasteiger partial charge in [0.25, 0.3) is 0 Å². The van der Waals surface area contributed by atoms with Gasteiger partial charge in [-0.3, -0.25) is 4.98 Å². The van der Waals surface area contributed by atoms with Gasteiger partial charge in [0.1, 0.15) is 5.69 Å². The van der Waals surface area contributed by atoms with E-state index in [1.54, 1.807) is 19.5 Å². The highest BCUT2D eigenvalue weighted by molar-refractivity contribution is 8.06. The molecule has 0 radical (unpaired) electrons. The highest BCUT2D eigenvalue weighted by Gasteiger charge is 2.29. The zero-order chi connectivity index (χ0) is 12.8. The maximum absolute atomic E-state index is 5.33. The number of thioether (sulfide) groups is 2. The first-order valence-corrected chi connectivity index (χ1v) is 8.34. The number of nitrogens with one attached hydrogen (secondary N) is 1. The summed E-state index contributed by atoms with van der Waals surface area (Å²) in [7, 11) is 1.65. The number of ether oxygens (including phenoxy) is 1. The summed E-state index contributed by atoms with van der Waals surface area (Å²) < 4.78 is 5.33. The van der Waals surface area contributed by atoms with Crippen molar-refractivity contribution in [2.45, 2.75) is 18.2 Å². The molecule has 2 heterocycles. The number of hydrogen-bond acceptors (Lipinski definition) is 6. The van der Waals surface area contributed by atoms with Crippen molar-refractivity contribution in [3.05, 3.63) is 18.1 Å². The van der Waals surface area contributed by atoms with E-state index in [1.165, 1.54) is 11.5 Å². The maximum atomic E-state index is 5.33. The molecule has 2 unspecified atom stereocenters. The summed E-state index contributed by atoms with van der Waals surface area (Å²) in [6.07, 6.45) is 3.41. The standard InChI is InChI=1S/C12H19N3OS2/c1-3-13-10(9-8-17-6-7-18-9)11-12(16-2)15-5-4-14-11/h4-5,9-10,13H,3,6-8H2,1-2H3. The van der Waals surface area contributed by atoms with E-state index in [2.05, 4.69) is 22.2 Å². The first-order chi connectivity index (χ1) is 8.86. The molecule has 2 atom stereocenters. The number of methoxy groups -OCH3 is 1. The summed E-state index contributed by atoms with van der Waals surface area (Å²) in [6, 6.07) is 0.219. The van der Waals surface area contributed by atoms with E-state index in [-0.39, 0.29) is 6.04 Å². The van der Waals surface area contributed by atoms with E-state index in [0.717, 1.165) is 18.0 Å². The molecule has 0 bridgehead atoms. The summed E-state index contributed by atoms with van der Waals surface area (Å²) in [4.78, 5) is 8.73. The summed E-state index contributed by atoms with van der Waals surface area (Å²) in [5, 5.41) is 4.06. The van der Waals surface area contributed by atoms with Gasteiger partial charge in [-0.25, -0.2) is 4.98 Å². The Morgan fingerprint density at radius 3 is 2.94 bits per heavy atom. The predicted molar refractivity (Wildman–Crippen MR) is 78.6 cm³/mol. The summed E-state index contributed by atoms with van der Waals surface area (Å²) in [5.41, 5.74) is 0.932. The van der Waals surface area contributed by atoms with Crippen LogP contribution < -0.4 is 10.1 Å². The average molecular weight is 285 g/mol. The predicted octanol–water partition coefficient (Wildman–Crippen LogP) is 1.98. The third-order valence-corrected chi connectivity index (χ3v) is 5.68. The molecule has 0 amide bonds. The van der Waals surface area contributed by atoms with Crippen LogP contribution in [0, 0.1) is 0 Å². The Bertz CT molecular complexity index is 372. The van der Waals surface area contributed by atoms with Crippen LogP contribution in [0.15, 0.2) is 12.4 Å². The molecule has 100 valence electrons. The van der Waals surface area contributed by atoms with Gasteiger partial charge >= 0.3 is 0 Å². The topological polar surface area (TPSA) is 47.0 Å². The molecule has 0 saturated carbocycles. The van der Waals surface area contributed by atoms with Gasteiger partial charge in [0.05, 0.1) is 13.2 Å². The van der Waals surface area contributed by atoms with E-state index >= 15 is 0 Å². The van der Waals surface area contributed by atoms with Crippen molar-refractivity contribution in [2.24, 2.45) is 0 Å². The molecule has 1 aromatic heterocycles. The minimum Gasteiger partial charge on any atom is -0.480 e. The van der Waals surface area contributed by atoms with Crippen molar-refractivity contribution < 1.29 is 4.74 Å². The monoisotopic (exact) mass is 285 g/mol. The lowest BCUT2D eigenvalue weighted by atomic mass is 10.1. The third-order valence-electron chi connectivity index (χ3n) is 2.82. The lowest BCUT2D eigenvalue weighted by Gasteiger charge is -2.30. The third kappa shape index (κ3) is 3.30. The number of nitrogens with zero attached hydrogens (tertiary/aromatic N) is 2. The fraction of sp³-hybridized carbons (Fsp3) is 0.667. The first kappa shape index (κ1) is 14.0. The lowest BCUT2D eigenvalue weighted by Crippen LogP contribution is -2.34. The molecule has 0 spiro atoms. The normalized spacial score (nSPS) is 21.6. The molecule has 18 heavy (non-hydrogen) atoms. The first-order valence-electron chi connectivity index (χ1n) is 6.14. The zero-order valence-corrected chi connectivity index (χ0v) is 12.4. The van der Waals surface area contributed by atoms with Gasteiger partial charge in [-0.2, -0.15) is 23.5 Å². The van der Waals surface area contributed by atoms with Crippen LogP contribution in [0.2, 0.25) is 0 Å². The van der Waals surface area contributed by atoms with Crippen LogP contribution in [0.25, 0.3) is 0 Å². The smallest absolute Gasteiger partial charge is 0.237 e. The van der Waals surface area contributed by atoms with Crippen LogP contribution in [0.3, 0.4) is 0 Å². The largest absolute Gasteiger partial charge is 0.480 e. The summed E-state index contributed by atoms with van der Waals surface area (Å²) in [5.74, 6) is 4.25. The second kappa shape index (κ2) is 7.21. The van der Waals surface area contributed by atoms with E-state index in [4.69, 9.17) is 4.74 Å². The molecule has 1 saturated heterocycles. The molecule has 1 fully saturated rings. The van der Waals surface area contributed by atoms with Crippen LogP contribution in [-0.2, 0) is 0 Å². The van der Waals surface area contributed by atoms with Gasteiger partial charge in [-0.15, -0.1) is 0 Å². The van der Waals surface area contributed by atoms with Crippen LogP contribution in [-0.4, -0.2) is 46.1 Å². The van der Waals surface area contributed by atoms with Crippen molar-refractivity contribution in [3.8, 4) is 5.88 Å². The SMILES string of the molecule is CCNC(c1nccnc1OC)C1CSCCS1. The second-order valence-corrected chi connectivity index (χ2v) is 6.47. The van der Waals surface area contributed by atoms with Gasteiger partial charge in [-0.1, -0.05) is 6.92 Å². The number of aromatic nitrogens is 2. The van der Waals surface area contributed by atoms with E-state index in [9.17, 15) is 0 Å². The highest BCUT2D eigenvalue weighted by atomic mass is 32.2. The minimum atomic E-state index is 0.219. The van der Waals surface area contributed by atoms with Gasteiger partial charge in [0, 0.05) is 34.9 Å². The summed E-state index contributed by atoms with van der Waals surface area (Å²) >= 11 is 4.03. The van der Waals surface area contributed by atoms with Gasteiger partial charge in [-0.05, 0) is 6.54 Å². The quantitative estimate of drug-likeness (QED) is 0.893. The van der Waals surface area contributed by atoms with Gasteiger partial charge < -0.3 is 10.1 Å². The highest BCUT2D eigenvalue weighted by Crippen LogP contribution is 2.35. The van der Waals surface area contributed by atoms with Crippen LogP contribution in [0.5, 0.6) is 5.88 Å². The minimum absolute atomic E-state index is 0.219. The van der Waals surface area contributed by atoms with Crippen LogP contribution >= 0.6 is 23.5 Å². The molecular weight excluding hydrogens is 266 g/mol. The average Bonchev–Trinajstić information content (AvgIpc) is 2.46. The Morgan fingerprint density at radius 1 is 1.44 bits per heavy atom. The molecule has 0 aliphatic carbocycles. The Labute approximate surface area is 117 Å². The van der Waals surface area contributed by atoms with Crippen LogP contribution in [0.4, 0.5) is 0 Å². The lowest BCUT2D eigenvalue weighted by molar-refractivity contribution is 0.377. The molecular formula is C12H19N3OS2. The van der Waals surface area contributed by atoms with Crippen LogP contribution in [0.1, 0.15) is 18.7 Å². The zero-order valence-electron chi connectivity index (χ0n) is 10.8. The van der Waals surface area contributed by atoms with E-state index in [0.29, 0.717) is 11.1 Å².